The average molecular weight is 337 g/mol. The third kappa shape index (κ3) is 4.29. The smallest absolute Gasteiger partial charge is 0.274 e. The van der Waals surface area contributed by atoms with Gasteiger partial charge in [0.05, 0.1) is 16.7 Å². The summed E-state index contributed by atoms with van der Waals surface area (Å²) >= 11 is 1.44. The standard InChI is InChI=1S/C11H16FN3O4S2/c1-3-7(6-20-2)14-21(18,19)11-9(12)4-8(15(16)17)5-10(11)13/h4-5,7,14H,3,6,13H2,1-2H3. The van der Waals surface area contributed by atoms with Crippen LogP contribution in [-0.2, 0) is 10.0 Å². The van der Waals surface area contributed by atoms with Gasteiger partial charge in [-0.25, -0.2) is 17.5 Å². The van der Waals surface area contributed by atoms with Crippen molar-refractivity contribution in [3.63, 3.8) is 0 Å². The van der Waals surface area contributed by atoms with Crippen molar-refractivity contribution in [2.24, 2.45) is 0 Å². The number of nitro groups is 1. The van der Waals surface area contributed by atoms with Crippen molar-refractivity contribution in [1.82, 2.24) is 4.72 Å². The number of nitrogens with two attached hydrogens (primary N) is 1. The molecule has 0 saturated heterocycles. The van der Waals surface area contributed by atoms with Crippen LogP contribution in [0.4, 0.5) is 15.8 Å². The van der Waals surface area contributed by atoms with Crippen LogP contribution in [0.1, 0.15) is 13.3 Å². The summed E-state index contributed by atoms with van der Waals surface area (Å²) in [4.78, 5) is 8.99. The fraction of sp³-hybridized carbons (Fsp3) is 0.455. The quantitative estimate of drug-likeness (QED) is 0.445. The molecule has 0 aliphatic carbocycles. The first-order chi connectivity index (χ1) is 9.72. The largest absolute Gasteiger partial charge is 0.397 e. The Hall–Kier alpha value is -1.39. The van der Waals surface area contributed by atoms with Gasteiger partial charge in [0.2, 0.25) is 10.0 Å². The van der Waals surface area contributed by atoms with Gasteiger partial charge in [-0.1, -0.05) is 6.92 Å². The summed E-state index contributed by atoms with van der Waals surface area (Å²) in [5.41, 5.74) is 4.38. The average Bonchev–Trinajstić information content (AvgIpc) is 2.36. The van der Waals surface area contributed by atoms with Gasteiger partial charge >= 0.3 is 0 Å². The third-order valence-corrected chi connectivity index (χ3v) is 5.07. The number of thioether (sulfide) groups is 1. The number of anilines is 1. The Kier molecular flexibility index (Phi) is 5.93. The van der Waals surface area contributed by atoms with Gasteiger partial charge in [-0.05, 0) is 12.7 Å². The molecule has 1 unspecified atom stereocenters. The number of non-ortho nitro benzene ring substituents is 1. The Morgan fingerprint density at radius 2 is 2.14 bits per heavy atom. The third-order valence-electron chi connectivity index (χ3n) is 2.72. The Balaban J connectivity index is 3.23. The molecule has 0 aliphatic rings. The number of nitro benzene ring substituents is 1. The second-order valence-corrected chi connectivity index (χ2v) is 6.85. The molecule has 3 N–H and O–H groups in total. The van der Waals surface area contributed by atoms with Crippen molar-refractivity contribution in [2.75, 3.05) is 17.7 Å². The number of rotatable bonds is 7. The molecule has 1 atom stereocenters. The van der Waals surface area contributed by atoms with Crippen LogP contribution in [0.5, 0.6) is 0 Å². The molecular formula is C11H16FN3O4S2. The Bertz CT molecular complexity index is 613. The Morgan fingerprint density at radius 1 is 1.52 bits per heavy atom. The number of sulfonamides is 1. The van der Waals surface area contributed by atoms with Crippen molar-refractivity contribution in [3.05, 3.63) is 28.1 Å². The summed E-state index contributed by atoms with van der Waals surface area (Å²) in [6.07, 6.45) is 2.34. The van der Waals surface area contributed by atoms with E-state index in [-0.39, 0.29) is 6.04 Å². The molecule has 1 aromatic carbocycles. The van der Waals surface area contributed by atoms with E-state index in [0.29, 0.717) is 18.2 Å². The molecular weight excluding hydrogens is 321 g/mol. The molecule has 0 spiro atoms. The van der Waals surface area contributed by atoms with Gasteiger partial charge < -0.3 is 5.73 Å². The molecule has 0 heterocycles. The molecule has 21 heavy (non-hydrogen) atoms. The minimum atomic E-state index is -4.18. The van der Waals surface area contributed by atoms with E-state index in [9.17, 15) is 22.9 Å². The zero-order chi connectivity index (χ0) is 16.2. The highest BCUT2D eigenvalue weighted by Gasteiger charge is 2.27. The van der Waals surface area contributed by atoms with Crippen LogP contribution in [-0.4, -0.2) is 31.4 Å². The minimum absolute atomic E-state index is 0.376. The van der Waals surface area contributed by atoms with Crippen LogP contribution in [0.2, 0.25) is 0 Å². The van der Waals surface area contributed by atoms with Gasteiger partial charge in [-0.2, -0.15) is 11.8 Å². The molecule has 0 amide bonds. The lowest BCUT2D eigenvalue weighted by molar-refractivity contribution is -0.385. The molecule has 0 saturated carbocycles. The van der Waals surface area contributed by atoms with Crippen LogP contribution in [0.25, 0.3) is 0 Å². The number of benzene rings is 1. The van der Waals surface area contributed by atoms with Gasteiger partial charge in [0.15, 0.2) is 5.82 Å². The maximum atomic E-state index is 13.9. The summed E-state index contributed by atoms with van der Waals surface area (Å²) in [5.74, 6) is -0.724. The predicted molar refractivity (Wildman–Crippen MR) is 80.2 cm³/mol. The maximum Gasteiger partial charge on any atom is 0.274 e. The highest BCUT2D eigenvalue weighted by molar-refractivity contribution is 7.98. The van der Waals surface area contributed by atoms with Crippen LogP contribution in [0.15, 0.2) is 17.0 Å². The second kappa shape index (κ2) is 7.05. The number of nitrogens with zero attached hydrogens (tertiary/aromatic N) is 1. The van der Waals surface area contributed by atoms with Crippen molar-refractivity contribution in [3.8, 4) is 0 Å². The lowest BCUT2D eigenvalue weighted by Crippen LogP contribution is -2.36. The summed E-state index contributed by atoms with van der Waals surface area (Å²) in [6, 6.07) is 0.993. The molecule has 1 aromatic rings. The normalized spacial score (nSPS) is 13.1. The molecule has 118 valence electrons. The fourth-order valence-electron chi connectivity index (χ4n) is 1.70. The lowest BCUT2D eigenvalue weighted by Gasteiger charge is -2.17. The van der Waals surface area contributed by atoms with Gasteiger partial charge in [-0.15, -0.1) is 0 Å². The van der Waals surface area contributed by atoms with Crippen LogP contribution in [0, 0.1) is 15.9 Å². The lowest BCUT2D eigenvalue weighted by atomic mass is 10.3. The van der Waals surface area contributed by atoms with Crippen LogP contribution >= 0.6 is 11.8 Å². The first kappa shape index (κ1) is 17.7. The SMILES string of the molecule is CCC(CSC)NS(=O)(=O)c1c(N)cc([N+](=O)[O-])cc1F. The first-order valence-electron chi connectivity index (χ1n) is 5.97. The highest BCUT2D eigenvalue weighted by atomic mass is 32.2. The molecule has 7 nitrogen and oxygen atoms in total. The monoisotopic (exact) mass is 337 g/mol. The fourth-order valence-corrected chi connectivity index (χ4v) is 4.02. The van der Waals surface area contributed by atoms with Gasteiger partial charge in [0.25, 0.3) is 5.69 Å². The zero-order valence-electron chi connectivity index (χ0n) is 11.5. The van der Waals surface area contributed by atoms with E-state index in [4.69, 9.17) is 5.73 Å². The number of hydrogen-bond donors (Lipinski definition) is 2. The van der Waals surface area contributed by atoms with E-state index in [1.165, 1.54) is 11.8 Å². The molecule has 0 aromatic heterocycles. The first-order valence-corrected chi connectivity index (χ1v) is 8.85. The van der Waals surface area contributed by atoms with Gasteiger partial charge in [0, 0.05) is 17.9 Å². The van der Waals surface area contributed by atoms with Crippen molar-refractivity contribution in [2.45, 2.75) is 24.3 Å². The Morgan fingerprint density at radius 3 is 2.57 bits per heavy atom. The van der Waals surface area contributed by atoms with Crippen molar-refractivity contribution >= 4 is 33.2 Å². The summed E-state index contributed by atoms with van der Waals surface area (Å²) in [6.45, 7) is 1.79. The van der Waals surface area contributed by atoms with E-state index < -0.39 is 37.0 Å². The molecule has 0 fully saturated rings. The minimum Gasteiger partial charge on any atom is -0.397 e. The molecule has 0 aliphatic heterocycles. The maximum absolute atomic E-state index is 13.9. The second-order valence-electron chi connectivity index (χ2n) is 4.28. The number of halogens is 1. The number of nitrogen functional groups attached to an aromatic ring is 1. The van der Waals surface area contributed by atoms with Crippen LogP contribution in [0.3, 0.4) is 0 Å². The molecule has 0 radical (unpaired) electrons. The van der Waals surface area contributed by atoms with Crippen LogP contribution < -0.4 is 10.5 Å². The van der Waals surface area contributed by atoms with Gasteiger partial charge in [-0.3, -0.25) is 10.1 Å². The van der Waals surface area contributed by atoms with E-state index in [0.717, 1.165) is 6.07 Å². The van der Waals surface area contributed by atoms with E-state index in [1.807, 2.05) is 6.26 Å². The summed E-state index contributed by atoms with van der Waals surface area (Å²) in [5, 5.41) is 10.6. The number of hydrogen-bond acceptors (Lipinski definition) is 6. The number of nitrogens with one attached hydrogen (secondary N) is 1. The summed E-state index contributed by atoms with van der Waals surface area (Å²) < 4.78 is 40.6. The molecule has 1 rings (SSSR count). The van der Waals surface area contributed by atoms with E-state index >= 15 is 0 Å². The molecule has 10 heteroatoms. The van der Waals surface area contributed by atoms with Crippen molar-refractivity contribution in [1.29, 1.82) is 0 Å². The van der Waals surface area contributed by atoms with E-state index in [2.05, 4.69) is 4.72 Å². The van der Waals surface area contributed by atoms with E-state index in [1.54, 1.807) is 6.92 Å². The highest BCUT2D eigenvalue weighted by Crippen LogP contribution is 2.27. The molecule has 0 bridgehead atoms. The Labute approximate surface area is 126 Å². The summed E-state index contributed by atoms with van der Waals surface area (Å²) in [7, 11) is -4.18. The van der Waals surface area contributed by atoms with Gasteiger partial charge in [0.1, 0.15) is 4.90 Å². The zero-order valence-corrected chi connectivity index (χ0v) is 13.1. The topological polar surface area (TPSA) is 115 Å². The predicted octanol–water partition coefficient (Wildman–Crippen LogP) is 1.74. The van der Waals surface area contributed by atoms with Crippen molar-refractivity contribution < 1.29 is 17.7 Å².